The van der Waals surface area contributed by atoms with E-state index in [2.05, 4.69) is 0 Å². The molecule has 384 valence electrons. The lowest BCUT2D eigenvalue weighted by atomic mass is 9.74. The number of anilines is 6. The van der Waals surface area contributed by atoms with Crippen LogP contribution in [0.2, 0.25) is 0 Å². The minimum atomic E-state index is -5.36. The van der Waals surface area contributed by atoms with Crippen molar-refractivity contribution >= 4 is 34.1 Å². The number of aryl methyl sites for hydroxylation is 3. The Kier molecular flexibility index (Phi) is 13.9. The zero-order valence-electron chi connectivity index (χ0n) is 39.9. The molecule has 7 aromatic rings. The first-order valence-electron chi connectivity index (χ1n) is 22.3. The summed E-state index contributed by atoms with van der Waals surface area (Å²) in [7, 11) is 0. The number of rotatable bonds is 10. The second kappa shape index (κ2) is 18.9. The van der Waals surface area contributed by atoms with Gasteiger partial charge in [-0.25, -0.2) is 0 Å². The third kappa shape index (κ3) is 11.5. The van der Waals surface area contributed by atoms with Gasteiger partial charge in [0.2, 0.25) is 0 Å². The average molecular weight is 1030 g/mol. The van der Waals surface area contributed by atoms with Crippen LogP contribution in [0.25, 0.3) is 0 Å². The molecule has 7 aromatic carbocycles. The molecule has 0 amide bonds. The fourth-order valence-electron chi connectivity index (χ4n) is 8.87. The van der Waals surface area contributed by atoms with Crippen molar-refractivity contribution < 1.29 is 65.9 Å². The number of hydrogen-bond donors (Lipinski definition) is 0. The largest absolute Gasteiger partial charge is 0.418 e. The third-order valence-electron chi connectivity index (χ3n) is 12.8. The molecule has 0 unspecified atom stereocenters. The maximum Gasteiger partial charge on any atom is 0.418 e. The van der Waals surface area contributed by atoms with Crippen LogP contribution in [0.1, 0.15) is 94.5 Å². The van der Waals surface area contributed by atoms with E-state index in [1.165, 1.54) is 56.0 Å². The van der Waals surface area contributed by atoms with E-state index in [-0.39, 0.29) is 51.2 Å². The molecule has 0 saturated heterocycles. The quantitative estimate of drug-likeness (QED) is 0.126. The molecule has 0 fully saturated rings. The first-order chi connectivity index (χ1) is 33.5. The van der Waals surface area contributed by atoms with E-state index in [0.717, 1.165) is 51.9 Å². The van der Waals surface area contributed by atoms with Crippen LogP contribution in [0.5, 0.6) is 0 Å². The number of benzene rings is 7. The monoisotopic (exact) mass is 1030 g/mol. The van der Waals surface area contributed by atoms with Crippen molar-refractivity contribution in [2.45, 2.75) is 90.2 Å². The molecular formula is C56H45F15N2. The standard InChI is InChI=1S/C56H45F15N2/c1-32-22-40(53(60,61)62)28-45(25-32)72(46-26-33(2)23-41(29-46)54(63,64)65)43-17-12-37(13-18-43)50(4,5)35-8-10-36(11-9-35)51(6,7)38-14-19-44(20-15-38)73(47-27-34(3)24-42(30-47)55(66,67)68)49-21-16-39(52(57,58)59)31-48(49)56(69,70)71/h8-31H,1-7H3. The molecule has 0 heterocycles. The molecule has 0 spiro atoms. The summed E-state index contributed by atoms with van der Waals surface area (Å²) in [5.41, 5.74) is -5.66. The summed E-state index contributed by atoms with van der Waals surface area (Å²) in [5, 5.41) is 0. The van der Waals surface area contributed by atoms with Gasteiger partial charge in [-0.2, -0.15) is 65.9 Å². The third-order valence-corrected chi connectivity index (χ3v) is 12.8. The molecule has 0 aliphatic rings. The first kappa shape index (κ1) is 53.9. The maximum atomic E-state index is 14.6. The van der Waals surface area contributed by atoms with Gasteiger partial charge < -0.3 is 9.80 Å². The molecule has 0 radical (unpaired) electrons. The second-order valence-corrected chi connectivity index (χ2v) is 19.0. The Morgan fingerprint density at radius 3 is 0.836 bits per heavy atom. The molecule has 0 atom stereocenters. The van der Waals surface area contributed by atoms with Crippen LogP contribution >= 0.6 is 0 Å². The topological polar surface area (TPSA) is 6.48 Å². The van der Waals surface area contributed by atoms with E-state index in [1.54, 1.807) is 36.4 Å². The van der Waals surface area contributed by atoms with E-state index in [4.69, 9.17) is 0 Å². The minimum absolute atomic E-state index is 0.0104. The van der Waals surface area contributed by atoms with Crippen LogP contribution in [-0.4, -0.2) is 0 Å². The molecule has 0 N–H and O–H groups in total. The molecule has 17 heteroatoms. The van der Waals surface area contributed by atoms with Gasteiger partial charge in [0.15, 0.2) is 0 Å². The van der Waals surface area contributed by atoms with Crippen LogP contribution in [-0.2, 0) is 41.7 Å². The highest BCUT2D eigenvalue weighted by atomic mass is 19.4. The van der Waals surface area contributed by atoms with Crippen LogP contribution in [0, 0.1) is 20.8 Å². The van der Waals surface area contributed by atoms with Crippen LogP contribution < -0.4 is 9.80 Å². The van der Waals surface area contributed by atoms with Gasteiger partial charge in [0.05, 0.1) is 33.5 Å². The average Bonchev–Trinajstić information content (AvgIpc) is 3.27. The molecular weight excluding hydrogens is 986 g/mol. The number of nitrogens with zero attached hydrogens (tertiary/aromatic N) is 2. The highest BCUT2D eigenvalue weighted by Crippen LogP contribution is 2.48. The summed E-state index contributed by atoms with van der Waals surface area (Å²) in [6, 6.07) is 30.1. The summed E-state index contributed by atoms with van der Waals surface area (Å²) in [4.78, 5) is 2.17. The van der Waals surface area contributed by atoms with Gasteiger partial charge >= 0.3 is 30.9 Å². The van der Waals surface area contributed by atoms with Crippen molar-refractivity contribution in [3.8, 4) is 0 Å². The lowest BCUT2D eigenvalue weighted by Gasteiger charge is -2.32. The summed E-state index contributed by atoms with van der Waals surface area (Å²) in [5.74, 6) is 0. The maximum absolute atomic E-state index is 14.6. The Balaban J connectivity index is 1.22. The van der Waals surface area contributed by atoms with Gasteiger partial charge in [-0.3, -0.25) is 0 Å². The zero-order chi connectivity index (χ0) is 54.0. The fraction of sp³-hybridized carbons (Fsp3) is 0.250. The van der Waals surface area contributed by atoms with Gasteiger partial charge in [0.1, 0.15) is 0 Å². The molecule has 0 aromatic heterocycles. The highest BCUT2D eigenvalue weighted by Gasteiger charge is 2.41. The number of alkyl halides is 15. The molecule has 0 aliphatic heterocycles. The molecule has 0 bridgehead atoms. The Labute approximate surface area is 411 Å². The van der Waals surface area contributed by atoms with E-state index in [1.807, 2.05) is 52.0 Å². The normalized spacial score (nSPS) is 13.1. The van der Waals surface area contributed by atoms with Gasteiger partial charge in [-0.1, -0.05) is 76.2 Å². The Hall–Kier alpha value is -6.91. The van der Waals surface area contributed by atoms with Crippen LogP contribution in [0.15, 0.2) is 146 Å². The smallest absolute Gasteiger partial charge is 0.310 e. The molecule has 73 heavy (non-hydrogen) atoms. The van der Waals surface area contributed by atoms with Gasteiger partial charge in [0, 0.05) is 39.3 Å². The van der Waals surface area contributed by atoms with Crippen molar-refractivity contribution in [1.82, 2.24) is 0 Å². The Morgan fingerprint density at radius 1 is 0.260 bits per heavy atom. The van der Waals surface area contributed by atoms with Crippen LogP contribution in [0.3, 0.4) is 0 Å². The van der Waals surface area contributed by atoms with Crippen molar-refractivity contribution in [3.05, 3.63) is 212 Å². The molecule has 2 nitrogen and oxygen atoms in total. The van der Waals surface area contributed by atoms with Gasteiger partial charge in [0.25, 0.3) is 0 Å². The number of hydrogen-bond acceptors (Lipinski definition) is 2. The molecule has 0 aliphatic carbocycles. The second-order valence-electron chi connectivity index (χ2n) is 19.0. The molecule has 7 rings (SSSR count). The summed E-state index contributed by atoms with van der Waals surface area (Å²) in [6.45, 7) is 11.8. The summed E-state index contributed by atoms with van der Waals surface area (Å²) < 4.78 is 211. The predicted molar refractivity (Wildman–Crippen MR) is 252 cm³/mol. The SMILES string of the molecule is Cc1cc(N(c2ccc(C(C)(C)c3ccc(C(C)(C)c4ccc(N(c5cc(C)cc(C(F)(F)F)c5)c5ccc(C(F)(F)F)cc5C(F)(F)F)cc4)cc3)cc2)c2cc(C)cc(C(F)(F)F)c2)cc(C(F)(F)F)c1. The highest BCUT2D eigenvalue weighted by molar-refractivity contribution is 5.81. The van der Waals surface area contributed by atoms with Gasteiger partial charge in [-0.15, -0.1) is 0 Å². The van der Waals surface area contributed by atoms with Crippen molar-refractivity contribution in [2.75, 3.05) is 9.80 Å². The zero-order valence-corrected chi connectivity index (χ0v) is 39.9. The first-order valence-corrected chi connectivity index (χ1v) is 22.3. The lowest BCUT2D eigenvalue weighted by Crippen LogP contribution is -2.22. The van der Waals surface area contributed by atoms with Crippen molar-refractivity contribution in [3.63, 3.8) is 0 Å². The van der Waals surface area contributed by atoms with E-state index in [0.29, 0.717) is 23.8 Å². The van der Waals surface area contributed by atoms with Gasteiger partial charge in [-0.05, 0) is 157 Å². The molecule has 0 saturated carbocycles. The van der Waals surface area contributed by atoms with E-state index in [9.17, 15) is 65.9 Å². The minimum Gasteiger partial charge on any atom is -0.310 e. The number of halogens is 15. The summed E-state index contributed by atoms with van der Waals surface area (Å²) >= 11 is 0. The Morgan fingerprint density at radius 2 is 0.534 bits per heavy atom. The van der Waals surface area contributed by atoms with Crippen molar-refractivity contribution in [2.24, 2.45) is 0 Å². The van der Waals surface area contributed by atoms with Crippen molar-refractivity contribution in [1.29, 1.82) is 0 Å². The van der Waals surface area contributed by atoms with E-state index >= 15 is 0 Å². The van der Waals surface area contributed by atoms with E-state index < -0.39 is 75.2 Å². The lowest BCUT2D eigenvalue weighted by molar-refractivity contribution is -0.143. The Bertz CT molecular complexity index is 3060. The summed E-state index contributed by atoms with van der Waals surface area (Å²) in [6.07, 6.45) is -24.9. The predicted octanol–water partition coefficient (Wildman–Crippen LogP) is 19.3. The fourth-order valence-corrected chi connectivity index (χ4v) is 8.87. The van der Waals surface area contributed by atoms with Crippen LogP contribution in [0.4, 0.5) is 100.0 Å².